The molecular formula is C13H15NO. The van der Waals surface area contributed by atoms with E-state index in [1.54, 1.807) is 0 Å². The molecule has 2 rings (SSSR count). The number of hydrogen-bond donors (Lipinski definition) is 0. The molecule has 0 N–H and O–H groups in total. The van der Waals surface area contributed by atoms with Crippen molar-refractivity contribution in [2.45, 2.75) is 19.8 Å². The van der Waals surface area contributed by atoms with Crippen molar-refractivity contribution >= 4 is 11.6 Å². The molecule has 0 amide bonds. The molecule has 0 bridgehead atoms. The van der Waals surface area contributed by atoms with E-state index in [0.717, 1.165) is 36.6 Å². The Bertz CT molecular complexity index is 379. The summed E-state index contributed by atoms with van der Waals surface area (Å²) in [5.41, 5.74) is 2.18. The largest absolute Gasteiger partial charge is 0.481 e. The van der Waals surface area contributed by atoms with Gasteiger partial charge in [0.1, 0.15) is 0 Å². The van der Waals surface area contributed by atoms with Gasteiger partial charge in [0.05, 0.1) is 12.3 Å². The van der Waals surface area contributed by atoms with Gasteiger partial charge in [-0.3, -0.25) is 0 Å². The monoisotopic (exact) mass is 201 g/mol. The van der Waals surface area contributed by atoms with Crippen LogP contribution in [0.5, 0.6) is 0 Å². The van der Waals surface area contributed by atoms with Crippen LogP contribution in [0.15, 0.2) is 41.4 Å². The van der Waals surface area contributed by atoms with Crippen molar-refractivity contribution < 1.29 is 4.74 Å². The van der Waals surface area contributed by atoms with Crippen LogP contribution >= 0.6 is 0 Å². The average molecular weight is 201 g/mol. The second kappa shape index (κ2) is 4.78. The van der Waals surface area contributed by atoms with Gasteiger partial charge in [0.25, 0.3) is 0 Å². The van der Waals surface area contributed by atoms with E-state index in [-0.39, 0.29) is 0 Å². The maximum absolute atomic E-state index is 5.44. The van der Waals surface area contributed by atoms with Crippen LogP contribution in [0.2, 0.25) is 0 Å². The Hall–Kier alpha value is -1.57. The van der Waals surface area contributed by atoms with Crippen LogP contribution in [0.3, 0.4) is 0 Å². The average Bonchev–Trinajstić information content (AvgIpc) is 2.24. The Labute approximate surface area is 90.3 Å². The van der Waals surface area contributed by atoms with E-state index >= 15 is 0 Å². The highest BCUT2D eigenvalue weighted by atomic mass is 16.5. The van der Waals surface area contributed by atoms with Gasteiger partial charge in [0.15, 0.2) is 5.90 Å². The third kappa shape index (κ3) is 2.69. The van der Waals surface area contributed by atoms with Gasteiger partial charge in [0, 0.05) is 6.92 Å². The number of hydrogen-bond acceptors (Lipinski definition) is 2. The van der Waals surface area contributed by atoms with Gasteiger partial charge in [0.2, 0.25) is 0 Å². The number of benzene rings is 1. The molecule has 0 radical (unpaired) electrons. The Balaban J connectivity index is 2.30. The smallest absolute Gasteiger partial charge is 0.185 e. The third-order valence-electron chi connectivity index (χ3n) is 2.34. The molecule has 0 spiro atoms. The maximum atomic E-state index is 5.44. The normalized spacial score (nSPS) is 20.3. The Morgan fingerprint density at radius 1 is 1.20 bits per heavy atom. The van der Waals surface area contributed by atoms with Gasteiger partial charge in [-0.15, -0.1) is 0 Å². The van der Waals surface area contributed by atoms with Crippen molar-refractivity contribution in [3.63, 3.8) is 0 Å². The molecule has 1 aliphatic heterocycles. The molecule has 0 saturated carbocycles. The standard InChI is InChI=1S/C13H15NO/c1-11-14-13(9-5-6-10-15-11)12-7-3-2-4-8-12/h2-4,7-9H,5-6,10H2,1H3/b13-9+,14-11?. The SMILES string of the molecule is CC1=N/C(c2ccccc2)=C/CCCO1. The molecule has 0 atom stereocenters. The van der Waals surface area contributed by atoms with Crippen LogP contribution in [0.4, 0.5) is 0 Å². The lowest BCUT2D eigenvalue weighted by Crippen LogP contribution is -2.04. The fourth-order valence-corrected chi connectivity index (χ4v) is 1.58. The van der Waals surface area contributed by atoms with Gasteiger partial charge in [-0.1, -0.05) is 36.4 Å². The molecular weight excluding hydrogens is 186 g/mol. The predicted octanol–water partition coefficient (Wildman–Crippen LogP) is 3.26. The van der Waals surface area contributed by atoms with E-state index in [9.17, 15) is 0 Å². The highest BCUT2D eigenvalue weighted by Gasteiger charge is 2.03. The van der Waals surface area contributed by atoms with Crippen molar-refractivity contribution in [3.8, 4) is 0 Å². The maximum Gasteiger partial charge on any atom is 0.185 e. The lowest BCUT2D eigenvalue weighted by atomic mass is 10.1. The Morgan fingerprint density at radius 3 is 2.80 bits per heavy atom. The van der Waals surface area contributed by atoms with E-state index in [4.69, 9.17) is 4.74 Å². The van der Waals surface area contributed by atoms with Crippen molar-refractivity contribution in [1.82, 2.24) is 0 Å². The van der Waals surface area contributed by atoms with Crippen LogP contribution in [0.25, 0.3) is 5.70 Å². The van der Waals surface area contributed by atoms with Crippen molar-refractivity contribution in [1.29, 1.82) is 0 Å². The second-order valence-corrected chi connectivity index (χ2v) is 3.58. The first kappa shape index (κ1) is 9.97. The lowest BCUT2D eigenvalue weighted by Gasteiger charge is -2.10. The molecule has 0 unspecified atom stereocenters. The molecule has 0 fully saturated rings. The Kier molecular flexibility index (Phi) is 3.18. The summed E-state index contributed by atoms with van der Waals surface area (Å²) in [6.45, 7) is 2.68. The quantitative estimate of drug-likeness (QED) is 0.683. The van der Waals surface area contributed by atoms with Crippen LogP contribution < -0.4 is 0 Å². The summed E-state index contributed by atoms with van der Waals surface area (Å²) in [6.07, 6.45) is 4.27. The topological polar surface area (TPSA) is 21.6 Å². The molecule has 0 aromatic heterocycles. The summed E-state index contributed by atoms with van der Waals surface area (Å²) >= 11 is 0. The highest BCUT2D eigenvalue weighted by molar-refractivity contribution is 5.82. The second-order valence-electron chi connectivity index (χ2n) is 3.58. The Morgan fingerprint density at radius 2 is 2.00 bits per heavy atom. The minimum absolute atomic E-state index is 0.754. The van der Waals surface area contributed by atoms with E-state index in [0.29, 0.717) is 0 Å². The van der Waals surface area contributed by atoms with Gasteiger partial charge >= 0.3 is 0 Å². The minimum Gasteiger partial charge on any atom is -0.481 e. The lowest BCUT2D eigenvalue weighted by molar-refractivity contribution is 0.296. The van der Waals surface area contributed by atoms with Crippen LogP contribution in [-0.2, 0) is 4.74 Å². The number of allylic oxidation sites excluding steroid dienone is 1. The first-order valence-electron chi connectivity index (χ1n) is 5.30. The third-order valence-corrected chi connectivity index (χ3v) is 2.34. The van der Waals surface area contributed by atoms with Gasteiger partial charge in [-0.05, 0) is 18.4 Å². The first-order valence-corrected chi connectivity index (χ1v) is 5.30. The molecule has 2 nitrogen and oxygen atoms in total. The van der Waals surface area contributed by atoms with Crippen molar-refractivity contribution in [2.75, 3.05) is 6.61 Å². The number of rotatable bonds is 1. The fourth-order valence-electron chi connectivity index (χ4n) is 1.58. The molecule has 1 aromatic carbocycles. The summed E-state index contributed by atoms with van der Waals surface area (Å²) in [5, 5.41) is 0. The van der Waals surface area contributed by atoms with Gasteiger partial charge in [-0.25, -0.2) is 4.99 Å². The molecule has 2 heteroatoms. The van der Waals surface area contributed by atoms with Crippen molar-refractivity contribution in [3.05, 3.63) is 42.0 Å². The molecule has 1 heterocycles. The van der Waals surface area contributed by atoms with Crippen LogP contribution in [0.1, 0.15) is 25.3 Å². The predicted molar refractivity (Wildman–Crippen MR) is 62.7 cm³/mol. The number of ether oxygens (including phenoxy) is 1. The number of aliphatic imine (C=N–C) groups is 1. The summed E-state index contributed by atoms with van der Waals surface area (Å²) in [6, 6.07) is 10.2. The van der Waals surface area contributed by atoms with Gasteiger partial charge in [-0.2, -0.15) is 0 Å². The zero-order chi connectivity index (χ0) is 10.5. The van der Waals surface area contributed by atoms with E-state index in [1.165, 1.54) is 0 Å². The van der Waals surface area contributed by atoms with E-state index in [2.05, 4.69) is 23.2 Å². The van der Waals surface area contributed by atoms with E-state index in [1.807, 2.05) is 25.1 Å². The summed E-state index contributed by atoms with van der Waals surface area (Å²) in [5.74, 6) is 0.754. The zero-order valence-corrected chi connectivity index (χ0v) is 8.94. The van der Waals surface area contributed by atoms with E-state index < -0.39 is 0 Å². The van der Waals surface area contributed by atoms with Crippen molar-refractivity contribution in [2.24, 2.45) is 4.99 Å². The molecule has 0 saturated heterocycles. The summed E-state index contributed by atoms with van der Waals surface area (Å²) in [7, 11) is 0. The molecule has 78 valence electrons. The zero-order valence-electron chi connectivity index (χ0n) is 8.94. The van der Waals surface area contributed by atoms with Crippen LogP contribution in [0, 0.1) is 0 Å². The van der Waals surface area contributed by atoms with Gasteiger partial charge < -0.3 is 4.74 Å². The van der Waals surface area contributed by atoms with Crippen LogP contribution in [-0.4, -0.2) is 12.5 Å². The highest BCUT2D eigenvalue weighted by Crippen LogP contribution is 2.18. The molecule has 1 aliphatic rings. The molecule has 1 aromatic rings. The fraction of sp³-hybridized carbons (Fsp3) is 0.308. The number of nitrogens with zero attached hydrogens (tertiary/aromatic N) is 1. The first-order chi connectivity index (χ1) is 7.36. The molecule has 0 aliphatic carbocycles. The molecule has 15 heavy (non-hydrogen) atoms. The summed E-state index contributed by atoms with van der Waals surface area (Å²) in [4.78, 5) is 4.46. The minimum atomic E-state index is 0.754. The summed E-state index contributed by atoms with van der Waals surface area (Å²) < 4.78 is 5.44.